The number of halogens is 3. The van der Waals surface area contributed by atoms with Gasteiger partial charge in [-0.05, 0) is 122 Å². The first-order valence-corrected chi connectivity index (χ1v) is 23.2. The molecule has 2 saturated heterocycles. The molecule has 57 heavy (non-hydrogen) atoms. The molecule has 2 atom stereocenters. The average molecular weight is 977 g/mol. The van der Waals surface area contributed by atoms with Gasteiger partial charge in [-0.2, -0.15) is 10.2 Å². The first-order valence-electron chi connectivity index (χ1n) is 17.8. The highest BCUT2D eigenvalue weighted by Gasteiger charge is 2.40. The number of primary amides is 1. The Kier molecular flexibility index (Phi) is 14.0. The number of nitrogens with two attached hydrogens (primary N) is 1. The summed E-state index contributed by atoms with van der Waals surface area (Å²) in [6.45, 7) is 17.7. The molecule has 4 aromatic heterocycles. The lowest BCUT2D eigenvalue weighted by Crippen LogP contribution is -2.41. The highest BCUT2D eigenvalue weighted by molar-refractivity contribution is 9.10. The number of nitrogens with zero attached hydrogens (tertiary/aromatic N) is 8. The van der Waals surface area contributed by atoms with Crippen LogP contribution in [-0.4, -0.2) is 82.3 Å². The number of carbonyl (C=O) groups is 2. The molecule has 0 bridgehead atoms. The number of aromatic nitrogens is 6. The van der Waals surface area contributed by atoms with Crippen LogP contribution in [0.5, 0.6) is 0 Å². The van der Waals surface area contributed by atoms with E-state index in [0.29, 0.717) is 45.0 Å². The van der Waals surface area contributed by atoms with Crippen molar-refractivity contribution < 1.29 is 26.4 Å². The Labute approximate surface area is 355 Å². The van der Waals surface area contributed by atoms with Gasteiger partial charge in [-0.15, -0.1) is 0 Å². The maximum atomic E-state index is 12.9. The summed E-state index contributed by atoms with van der Waals surface area (Å²) in [5, 5.41) is 7.87. The van der Waals surface area contributed by atoms with Crippen LogP contribution in [0.25, 0.3) is 0 Å². The second-order valence-corrected chi connectivity index (χ2v) is 21.5. The standard InChI is InChI=1S/C18H24BrN5O3S.C13H18BrN3O.C5H7ClN2O2S/c1-11-8-18(3,4)24(9-11)16-13(6-7-15(19)20-16)17(25)22-28(26,27)14-10-23(5)21-12(14)2;1-8-6-13(2,3)17(7-8)12-9(11(15)18)4-5-10(14)16-12;1-4-5(11(6,9)10)3-8(2)7-4/h6-7,10-11H,8-9H2,1-5H3,(H,22,25);4-5,8H,6-7H2,1-3H3,(H2,15,18);3H,1-2H3/t11-;8-;/m00./s1. The van der Waals surface area contributed by atoms with Gasteiger partial charge in [0.05, 0.1) is 22.5 Å². The predicted octanol–water partition coefficient (Wildman–Crippen LogP) is 5.85. The lowest BCUT2D eigenvalue weighted by molar-refractivity contribution is 0.0978. The van der Waals surface area contributed by atoms with Crippen molar-refractivity contribution in [3.63, 3.8) is 0 Å². The second-order valence-electron chi connectivity index (χ2n) is 15.7. The average Bonchev–Trinajstić information content (AvgIpc) is 3.77. The van der Waals surface area contributed by atoms with Gasteiger partial charge >= 0.3 is 0 Å². The highest BCUT2D eigenvalue weighted by atomic mass is 79.9. The summed E-state index contributed by atoms with van der Waals surface area (Å²) in [6, 6.07) is 6.70. The van der Waals surface area contributed by atoms with Crippen molar-refractivity contribution >= 4 is 85.1 Å². The van der Waals surface area contributed by atoms with Crippen LogP contribution in [0.4, 0.5) is 11.6 Å². The number of nitrogens with one attached hydrogen (secondary N) is 1. The van der Waals surface area contributed by atoms with Gasteiger partial charge in [0.25, 0.3) is 30.9 Å². The molecular formula is C36H49Br2ClN10O6S2. The van der Waals surface area contributed by atoms with Crippen molar-refractivity contribution in [2.24, 2.45) is 31.7 Å². The number of amides is 2. The van der Waals surface area contributed by atoms with Crippen molar-refractivity contribution in [3.8, 4) is 0 Å². The van der Waals surface area contributed by atoms with Crippen molar-refractivity contribution in [1.82, 2.24) is 34.3 Å². The van der Waals surface area contributed by atoms with Crippen LogP contribution in [0.15, 0.2) is 55.7 Å². The lowest BCUT2D eigenvalue weighted by atomic mass is 9.97. The molecule has 0 aliphatic carbocycles. The SMILES string of the molecule is C[C@@H]1CN(c2nc(Br)ccc2C(N)=O)C(C)(C)C1.Cc1nn(C)cc1S(=O)(=O)Cl.Cc1nn(C)cc1S(=O)(=O)NC(=O)c1ccc(Br)nc1N1C[C@@H](C)CC1(C)C. The molecule has 2 aliphatic heterocycles. The molecule has 0 spiro atoms. The summed E-state index contributed by atoms with van der Waals surface area (Å²) in [6.07, 6.45) is 4.78. The zero-order valence-electron chi connectivity index (χ0n) is 33.5. The predicted molar refractivity (Wildman–Crippen MR) is 226 cm³/mol. The van der Waals surface area contributed by atoms with E-state index in [0.717, 1.165) is 30.5 Å². The molecular weight excluding hydrogens is 928 g/mol. The van der Waals surface area contributed by atoms with Gasteiger partial charge in [-0.3, -0.25) is 19.0 Å². The van der Waals surface area contributed by atoms with E-state index in [1.807, 2.05) is 0 Å². The van der Waals surface area contributed by atoms with E-state index >= 15 is 0 Å². The van der Waals surface area contributed by atoms with Crippen LogP contribution < -0.4 is 20.3 Å². The third-order valence-corrected chi connectivity index (χ3v) is 13.3. The van der Waals surface area contributed by atoms with Crippen molar-refractivity contribution in [3.05, 3.63) is 68.4 Å². The molecule has 3 N–H and O–H groups in total. The lowest BCUT2D eigenvalue weighted by Gasteiger charge is -2.33. The first-order chi connectivity index (χ1) is 26.1. The number of hydrogen-bond donors (Lipinski definition) is 2. The number of anilines is 2. The van der Waals surface area contributed by atoms with E-state index in [9.17, 15) is 26.4 Å². The minimum atomic E-state index is -4.05. The summed E-state index contributed by atoms with van der Waals surface area (Å²) < 4.78 is 53.2. The molecule has 0 aromatic carbocycles. The van der Waals surface area contributed by atoms with Gasteiger partial charge in [-0.1, -0.05) is 13.8 Å². The third-order valence-electron chi connectivity index (χ3n) is 9.57. The number of aryl methyl sites for hydroxylation is 4. The Morgan fingerprint density at radius 1 is 0.772 bits per heavy atom. The molecule has 4 aromatic rings. The van der Waals surface area contributed by atoms with E-state index in [2.05, 4.69) is 108 Å². The molecule has 2 amide bonds. The van der Waals surface area contributed by atoms with Crippen molar-refractivity contribution in [1.29, 1.82) is 0 Å². The quantitative estimate of drug-likeness (QED) is 0.165. The largest absolute Gasteiger partial charge is 0.365 e. The van der Waals surface area contributed by atoms with Gasteiger partial charge < -0.3 is 15.5 Å². The van der Waals surface area contributed by atoms with Gasteiger partial charge in [-0.25, -0.2) is 31.5 Å². The van der Waals surface area contributed by atoms with Crippen LogP contribution in [-0.2, 0) is 33.2 Å². The highest BCUT2D eigenvalue weighted by Crippen LogP contribution is 2.39. The van der Waals surface area contributed by atoms with E-state index in [-0.39, 0.29) is 26.4 Å². The first kappa shape index (κ1) is 46.1. The van der Waals surface area contributed by atoms with Gasteiger partial charge in [0.15, 0.2) is 0 Å². The molecule has 2 aliphatic rings. The Bertz CT molecular complexity index is 2380. The fourth-order valence-corrected chi connectivity index (χ4v) is 10.4. The molecule has 0 radical (unpaired) electrons. The maximum absolute atomic E-state index is 12.9. The molecule has 2 fully saturated rings. The number of pyridine rings is 2. The number of rotatable bonds is 7. The van der Waals surface area contributed by atoms with Gasteiger partial charge in [0, 0.05) is 61.3 Å². The van der Waals surface area contributed by atoms with E-state index in [4.69, 9.17) is 16.4 Å². The van der Waals surface area contributed by atoms with Crippen LogP contribution in [0, 0.1) is 25.7 Å². The summed E-state index contributed by atoms with van der Waals surface area (Å²) in [4.78, 5) is 37.7. The molecule has 21 heteroatoms. The smallest absolute Gasteiger partial charge is 0.268 e. The normalized spacial score (nSPS) is 18.7. The molecule has 0 saturated carbocycles. The fraction of sp³-hybridized carbons (Fsp3) is 0.500. The Morgan fingerprint density at radius 2 is 1.18 bits per heavy atom. The van der Waals surface area contributed by atoms with E-state index in [1.165, 1.54) is 21.8 Å². The Balaban J connectivity index is 0.000000211. The minimum Gasteiger partial charge on any atom is -0.365 e. The van der Waals surface area contributed by atoms with Crippen LogP contribution >= 0.6 is 42.5 Å². The zero-order valence-corrected chi connectivity index (χ0v) is 39.1. The van der Waals surface area contributed by atoms with Gasteiger partial charge in [0.1, 0.15) is 30.6 Å². The zero-order chi connectivity index (χ0) is 43.0. The third kappa shape index (κ3) is 11.1. The Hall–Kier alpha value is -3.59. The van der Waals surface area contributed by atoms with Gasteiger partial charge in [0.2, 0.25) is 0 Å². The fourth-order valence-electron chi connectivity index (χ4n) is 7.44. The Morgan fingerprint density at radius 3 is 1.51 bits per heavy atom. The van der Waals surface area contributed by atoms with Crippen LogP contribution in [0.2, 0.25) is 0 Å². The summed E-state index contributed by atoms with van der Waals surface area (Å²) in [7, 11) is 0.688. The number of carbonyl (C=O) groups excluding carboxylic acids is 2. The van der Waals surface area contributed by atoms with Crippen LogP contribution in [0.3, 0.4) is 0 Å². The van der Waals surface area contributed by atoms with Crippen molar-refractivity contribution in [2.45, 2.75) is 89.1 Å². The summed E-state index contributed by atoms with van der Waals surface area (Å²) >= 11 is 6.71. The van der Waals surface area contributed by atoms with E-state index in [1.54, 1.807) is 52.2 Å². The molecule has 312 valence electrons. The van der Waals surface area contributed by atoms with Crippen molar-refractivity contribution in [2.75, 3.05) is 22.9 Å². The topological polar surface area (TPSA) is 208 Å². The second kappa shape index (κ2) is 17.3. The molecule has 6 heterocycles. The monoisotopic (exact) mass is 974 g/mol. The summed E-state index contributed by atoms with van der Waals surface area (Å²) in [5.41, 5.74) is 6.69. The van der Waals surface area contributed by atoms with E-state index < -0.39 is 30.9 Å². The summed E-state index contributed by atoms with van der Waals surface area (Å²) in [5.74, 6) is 1.04. The molecule has 0 unspecified atom stereocenters. The number of sulfonamides is 1. The maximum Gasteiger partial charge on any atom is 0.268 e. The number of hydrogen-bond acceptors (Lipinski definition) is 12. The molecule has 16 nitrogen and oxygen atoms in total. The minimum absolute atomic E-state index is 0.00257. The van der Waals surface area contributed by atoms with Crippen LogP contribution in [0.1, 0.15) is 86.5 Å². The molecule has 6 rings (SSSR count).